The average Bonchev–Trinajstić information content (AvgIpc) is 3.38. The summed E-state index contributed by atoms with van der Waals surface area (Å²) in [5, 5.41) is 0. The van der Waals surface area contributed by atoms with Crippen LogP contribution in [0.4, 0.5) is 0 Å². The van der Waals surface area contributed by atoms with E-state index < -0.39 is 6.10 Å². The molecule has 72 heavy (non-hydrogen) atoms. The molecular weight excluding hydrogens is 889 g/mol. The smallest absolute Gasteiger partial charge is 0.306 e. The molecule has 0 saturated carbocycles. The van der Waals surface area contributed by atoms with E-state index in [0.29, 0.717) is 19.3 Å². The number of esters is 3. The number of hydrogen-bond donors (Lipinski definition) is 0. The molecule has 0 aromatic carbocycles. The molecule has 0 bridgehead atoms. The van der Waals surface area contributed by atoms with Gasteiger partial charge in [0, 0.05) is 19.3 Å². The Bertz CT molecular complexity index is 1250. The zero-order chi connectivity index (χ0) is 52.2. The molecule has 6 heteroatoms. The second kappa shape index (κ2) is 60.9. The third kappa shape index (κ3) is 58.3. The second-order valence-electron chi connectivity index (χ2n) is 21.3. The molecule has 0 aliphatic carbocycles. The summed E-state index contributed by atoms with van der Waals surface area (Å²) in [5.41, 5.74) is 0. The first-order valence-corrected chi connectivity index (χ1v) is 31.6. The molecule has 0 rings (SSSR count). The summed E-state index contributed by atoms with van der Waals surface area (Å²) in [6.45, 7) is 6.61. The highest BCUT2D eigenvalue weighted by Crippen LogP contribution is 2.17. The Hall–Kier alpha value is -2.63. The lowest BCUT2D eigenvalue weighted by molar-refractivity contribution is -0.167. The van der Waals surface area contributed by atoms with Crippen molar-refractivity contribution in [2.24, 2.45) is 0 Å². The Morgan fingerprint density at radius 2 is 0.500 bits per heavy atom. The fourth-order valence-corrected chi connectivity index (χ4v) is 9.23. The Balaban J connectivity index is 4.13. The predicted molar refractivity (Wildman–Crippen MR) is 312 cm³/mol. The lowest BCUT2D eigenvalue weighted by Gasteiger charge is -2.18. The fourth-order valence-electron chi connectivity index (χ4n) is 9.23. The van der Waals surface area contributed by atoms with E-state index >= 15 is 0 Å². The first-order valence-electron chi connectivity index (χ1n) is 31.6. The lowest BCUT2D eigenvalue weighted by Crippen LogP contribution is -2.30. The molecule has 1 atom stereocenters. The summed E-state index contributed by atoms with van der Waals surface area (Å²) in [6.07, 6.45) is 75.6. The Morgan fingerprint density at radius 3 is 0.819 bits per heavy atom. The lowest BCUT2D eigenvalue weighted by atomic mass is 10.0. The van der Waals surface area contributed by atoms with Gasteiger partial charge in [-0.05, 0) is 103 Å². The summed E-state index contributed by atoms with van der Waals surface area (Å²) in [7, 11) is 0. The molecular formula is C66H120O6. The minimum atomic E-state index is -0.778. The van der Waals surface area contributed by atoms with Gasteiger partial charge in [-0.25, -0.2) is 0 Å². The Kier molecular flexibility index (Phi) is 58.7. The Morgan fingerprint density at radius 1 is 0.278 bits per heavy atom. The molecule has 0 heterocycles. The largest absolute Gasteiger partial charge is 0.462 e. The predicted octanol–water partition coefficient (Wildman–Crippen LogP) is 21.4. The summed E-state index contributed by atoms with van der Waals surface area (Å²) in [5.74, 6) is -0.879. The average molecular weight is 1010 g/mol. The van der Waals surface area contributed by atoms with E-state index in [1.807, 2.05) is 0 Å². The number of ether oxygens (including phenoxy) is 3. The molecule has 0 saturated heterocycles. The van der Waals surface area contributed by atoms with E-state index in [4.69, 9.17) is 14.2 Å². The van der Waals surface area contributed by atoms with Gasteiger partial charge in [-0.1, -0.05) is 262 Å². The van der Waals surface area contributed by atoms with Crippen molar-refractivity contribution in [3.63, 3.8) is 0 Å². The van der Waals surface area contributed by atoms with Gasteiger partial charge < -0.3 is 14.2 Å². The van der Waals surface area contributed by atoms with Crippen molar-refractivity contribution in [3.05, 3.63) is 48.6 Å². The van der Waals surface area contributed by atoms with Gasteiger partial charge in [0.05, 0.1) is 0 Å². The summed E-state index contributed by atoms with van der Waals surface area (Å²) in [6, 6.07) is 0. The van der Waals surface area contributed by atoms with Crippen molar-refractivity contribution in [2.45, 2.75) is 341 Å². The maximum Gasteiger partial charge on any atom is 0.306 e. The summed E-state index contributed by atoms with van der Waals surface area (Å²) >= 11 is 0. The van der Waals surface area contributed by atoms with Crippen LogP contribution in [0.25, 0.3) is 0 Å². The molecule has 0 radical (unpaired) electrons. The molecule has 420 valence electrons. The highest BCUT2D eigenvalue weighted by molar-refractivity contribution is 5.71. The van der Waals surface area contributed by atoms with Crippen LogP contribution < -0.4 is 0 Å². The molecule has 0 aromatic rings. The molecule has 0 fully saturated rings. The minimum absolute atomic E-state index is 0.0761. The monoisotopic (exact) mass is 1010 g/mol. The van der Waals surface area contributed by atoms with Crippen molar-refractivity contribution in [1.29, 1.82) is 0 Å². The SMILES string of the molecule is CCCCC/C=C\CCCCCCCC(=O)OCC(COC(=O)CCCCCCCCCCCCCCCCCCC/C=C\C/C=C\CCCCCCC)OC(=O)CCCCCCC/C=C\CCCCCC. The van der Waals surface area contributed by atoms with Gasteiger partial charge in [0.25, 0.3) is 0 Å². The van der Waals surface area contributed by atoms with Crippen LogP contribution in [-0.2, 0) is 28.6 Å². The van der Waals surface area contributed by atoms with Crippen molar-refractivity contribution in [2.75, 3.05) is 13.2 Å². The molecule has 0 amide bonds. The van der Waals surface area contributed by atoms with Crippen LogP contribution in [0.5, 0.6) is 0 Å². The second-order valence-corrected chi connectivity index (χ2v) is 21.3. The van der Waals surface area contributed by atoms with E-state index in [-0.39, 0.29) is 31.1 Å². The minimum Gasteiger partial charge on any atom is -0.462 e. The maximum absolute atomic E-state index is 12.8. The number of hydrogen-bond acceptors (Lipinski definition) is 6. The van der Waals surface area contributed by atoms with Crippen LogP contribution in [0.1, 0.15) is 335 Å². The van der Waals surface area contributed by atoms with Crippen molar-refractivity contribution < 1.29 is 28.6 Å². The van der Waals surface area contributed by atoms with Crippen LogP contribution in [0.15, 0.2) is 48.6 Å². The van der Waals surface area contributed by atoms with E-state index in [0.717, 1.165) is 83.5 Å². The van der Waals surface area contributed by atoms with Gasteiger partial charge in [-0.3, -0.25) is 14.4 Å². The van der Waals surface area contributed by atoms with Gasteiger partial charge in [0.1, 0.15) is 13.2 Å². The Labute approximate surface area is 448 Å². The van der Waals surface area contributed by atoms with Crippen LogP contribution in [0, 0.1) is 0 Å². The maximum atomic E-state index is 12.8. The number of carbonyl (C=O) groups excluding carboxylic acids is 3. The third-order valence-electron chi connectivity index (χ3n) is 14.0. The summed E-state index contributed by atoms with van der Waals surface area (Å²) in [4.78, 5) is 38.1. The van der Waals surface area contributed by atoms with Crippen molar-refractivity contribution in [3.8, 4) is 0 Å². The normalized spacial score (nSPS) is 12.3. The van der Waals surface area contributed by atoms with Crippen molar-refractivity contribution >= 4 is 17.9 Å². The molecule has 1 unspecified atom stereocenters. The highest BCUT2D eigenvalue weighted by atomic mass is 16.6. The standard InChI is InChI=1S/C66H120O6/c1-4-7-10-13-16-19-22-25-26-27-28-29-30-31-32-33-34-35-36-37-38-39-40-42-44-47-50-53-56-59-65(68)71-62-63(61-70-64(67)58-55-52-49-46-43-24-21-18-15-12-9-6-3)72-66(69)60-57-54-51-48-45-41-23-20-17-14-11-8-5-2/h18,20-23,25,27-28,63H,4-17,19,24,26,29-62H2,1-3H3/b21-18-,23-20-,25-22-,28-27-. The molecule has 0 aliphatic heterocycles. The molecule has 0 spiro atoms. The van der Waals surface area contributed by atoms with E-state index in [1.165, 1.54) is 212 Å². The quantitative estimate of drug-likeness (QED) is 0.0261. The van der Waals surface area contributed by atoms with Crippen LogP contribution in [0.3, 0.4) is 0 Å². The third-order valence-corrected chi connectivity index (χ3v) is 14.0. The molecule has 0 aliphatic rings. The van der Waals surface area contributed by atoms with E-state index in [1.54, 1.807) is 0 Å². The van der Waals surface area contributed by atoms with Gasteiger partial charge >= 0.3 is 17.9 Å². The zero-order valence-corrected chi connectivity index (χ0v) is 48.2. The van der Waals surface area contributed by atoms with Gasteiger partial charge in [0.15, 0.2) is 6.10 Å². The number of unbranched alkanes of at least 4 members (excludes halogenated alkanes) is 39. The van der Waals surface area contributed by atoms with Crippen LogP contribution in [-0.4, -0.2) is 37.2 Å². The van der Waals surface area contributed by atoms with E-state index in [9.17, 15) is 14.4 Å². The number of carbonyl (C=O) groups is 3. The first kappa shape index (κ1) is 69.4. The fraction of sp³-hybridized carbons (Fsp3) is 0.833. The van der Waals surface area contributed by atoms with Crippen LogP contribution in [0.2, 0.25) is 0 Å². The molecule has 0 N–H and O–H groups in total. The molecule has 6 nitrogen and oxygen atoms in total. The van der Waals surface area contributed by atoms with Crippen LogP contribution >= 0.6 is 0 Å². The van der Waals surface area contributed by atoms with E-state index in [2.05, 4.69) is 69.4 Å². The zero-order valence-electron chi connectivity index (χ0n) is 48.2. The van der Waals surface area contributed by atoms with Gasteiger partial charge in [-0.15, -0.1) is 0 Å². The molecule has 0 aromatic heterocycles. The summed E-state index contributed by atoms with van der Waals surface area (Å²) < 4.78 is 16.9. The highest BCUT2D eigenvalue weighted by Gasteiger charge is 2.19. The van der Waals surface area contributed by atoms with Crippen molar-refractivity contribution in [1.82, 2.24) is 0 Å². The number of rotatable bonds is 58. The topological polar surface area (TPSA) is 78.9 Å². The first-order chi connectivity index (χ1) is 35.5. The van der Waals surface area contributed by atoms with Gasteiger partial charge in [-0.2, -0.15) is 0 Å². The van der Waals surface area contributed by atoms with Gasteiger partial charge in [0.2, 0.25) is 0 Å². The number of allylic oxidation sites excluding steroid dienone is 8.